The normalized spacial score (nSPS) is 13.6. The van der Waals surface area contributed by atoms with E-state index in [4.69, 9.17) is 0 Å². The van der Waals surface area contributed by atoms with Gasteiger partial charge in [0.1, 0.15) is 9.46 Å². The third kappa shape index (κ3) is 4.01. The van der Waals surface area contributed by atoms with Gasteiger partial charge in [-0.25, -0.2) is 21.6 Å². The molecule has 1 N–H and O–H groups in total. The molecule has 0 bridgehead atoms. The van der Waals surface area contributed by atoms with E-state index in [-0.39, 0.29) is 15.6 Å². The van der Waals surface area contributed by atoms with E-state index < -0.39 is 25.1 Å². The molecule has 3 aromatic rings. The minimum absolute atomic E-state index is 0.105. The summed E-state index contributed by atoms with van der Waals surface area (Å²) in [5.41, 5.74) is 0. The fourth-order valence-corrected chi connectivity index (χ4v) is 7.43. The topological polar surface area (TPSA) is 80.3 Å². The molecule has 0 fully saturated rings. The molecule has 2 heterocycles. The molecule has 1 aromatic carbocycles. The fraction of sp³-hybridized carbons (Fsp3) is 0.125. The first-order valence-corrected chi connectivity index (χ1v) is 12.1. The molecule has 1 atom stereocenters. The Labute approximate surface area is 154 Å². The van der Waals surface area contributed by atoms with Gasteiger partial charge in [-0.3, -0.25) is 0 Å². The molecule has 132 valence electrons. The van der Waals surface area contributed by atoms with E-state index in [0.717, 1.165) is 11.3 Å². The standard InChI is InChI=1S/C16H15NO4S4/c18-24(19,16-9-5-11-23-16)15(14-8-4-10-22-14)12-17-25(20,21)13-6-2-1-3-7-13/h1-11,15,17H,12H2/t15-/m1/s1. The summed E-state index contributed by atoms with van der Waals surface area (Å²) in [6, 6.07) is 14.5. The number of sulfone groups is 1. The predicted octanol–water partition coefficient (Wildman–Crippen LogP) is 3.30. The van der Waals surface area contributed by atoms with Crippen LogP contribution in [0.5, 0.6) is 0 Å². The average molecular weight is 414 g/mol. The molecule has 2 aromatic heterocycles. The van der Waals surface area contributed by atoms with Gasteiger partial charge >= 0.3 is 0 Å². The van der Waals surface area contributed by atoms with Crippen molar-refractivity contribution in [1.29, 1.82) is 0 Å². The lowest BCUT2D eigenvalue weighted by Crippen LogP contribution is -2.31. The molecule has 25 heavy (non-hydrogen) atoms. The highest BCUT2D eigenvalue weighted by Crippen LogP contribution is 2.33. The van der Waals surface area contributed by atoms with E-state index in [1.807, 2.05) is 0 Å². The first-order valence-electron chi connectivity index (χ1n) is 7.27. The third-order valence-electron chi connectivity index (χ3n) is 3.52. The maximum absolute atomic E-state index is 12.9. The second kappa shape index (κ2) is 7.38. The highest BCUT2D eigenvalue weighted by Gasteiger charge is 2.32. The molecule has 0 aliphatic heterocycles. The fourth-order valence-electron chi connectivity index (χ4n) is 2.27. The minimum Gasteiger partial charge on any atom is -0.222 e. The number of hydrogen-bond acceptors (Lipinski definition) is 6. The van der Waals surface area contributed by atoms with Crippen molar-refractivity contribution in [3.05, 3.63) is 70.2 Å². The van der Waals surface area contributed by atoms with Gasteiger partial charge in [-0.15, -0.1) is 22.7 Å². The van der Waals surface area contributed by atoms with Crippen LogP contribution in [0.3, 0.4) is 0 Å². The van der Waals surface area contributed by atoms with Crippen molar-refractivity contribution >= 4 is 42.5 Å². The van der Waals surface area contributed by atoms with E-state index in [1.165, 1.54) is 29.5 Å². The van der Waals surface area contributed by atoms with Gasteiger partial charge in [0.25, 0.3) is 0 Å². The third-order valence-corrected chi connectivity index (χ3v) is 9.61. The van der Waals surface area contributed by atoms with Crippen molar-refractivity contribution in [3.63, 3.8) is 0 Å². The van der Waals surface area contributed by atoms with Crippen LogP contribution in [0.1, 0.15) is 10.1 Å². The number of hydrogen-bond donors (Lipinski definition) is 1. The first kappa shape index (κ1) is 18.3. The van der Waals surface area contributed by atoms with Crippen molar-refractivity contribution in [2.75, 3.05) is 6.54 Å². The Kier molecular flexibility index (Phi) is 5.40. The number of nitrogens with one attached hydrogen (secondary N) is 1. The summed E-state index contributed by atoms with van der Waals surface area (Å²) >= 11 is 2.42. The Morgan fingerprint density at radius 3 is 2.12 bits per heavy atom. The Balaban J connectivity index is 1.90. The van der Waals surface area contributed by atoms with Gasteiger partial charge in [0, 0.05) is 11.4 Å². The van der Waals surface area contributed by atoms with Gasteiger partial charge in [-0.2, -0.15) is 0 Å². The van der Waals surface area contributed by atoms with Crippen molar-refractivity contribution in [2.45, 2.75) is 14.4 Å². The van der Waals surface area contributed by atoms with Crippen molar-refractivity contribution in [2.24, 2.45) is 0 Å². The lowest BCUT2D eigenvalue weighted by Gasteiger charge is -2.16. The highest BCUT2D eigenvalue weighted by atomic mass is 32.2. The van der Waals surface area contributed by atoms with Gasteiger partial charge in [-0.1, -0.05) is 30.3 Å². The van der Waals surface area contributed by atoms with Crippen LogP contribution in [0.15, 0.2) is 74.5 Å². The number of thiophene rings is 2. The molecule has 0 spiro atoms. The minimum atomic E-state index is -3.78. The van der Waals surface area contributed by atoms with Crippen molar-refractivity contribution in [1.82, 2.24) is 4.72 Å². The lowest BCUT2D eigenvalue weighted by atomic mass is 10.3. The molecule has 0 aliphatic carbocycles. The van der Waals surface area contributed by atoms with Crippen LogP contribution in [-0.2, 0) is 19.9 Å². The molecule has 0 radical (unpaired) electrons. The Morgan fingerprint density at radius 1 is 0.840 bits per heavy atom. The van der Waals surface area contributed by atoms with E-state index in [2.05, 4.69) is 4.72 Å². The van der Waals surface area contributed by atoms with Crippen LogP contribution in [0.4, 0.5) is 0 Å². The quantitative estimate of drug-likeness (QED) is 0.644. The van der Waals surface area contributed by atoms with E-state index in [9.17, 15) is 16.8 Å². The maximum Gasteiger partial charge on any atom is 0.240 e. The molecule has 0 unspecified atom stereocenters. The lowest BCUT2D eigenvalue weighted by molar-refractivity contribution is 0.570. The van der Waals surface area contributed by atoms with Gasteiger partial charge in [0.15, 0.2) is 9.84 Å². The molecular formula is C16H15NO4S4. The molecule has 0 saturated heterocycles. The zero-order valence-corrected chi connectivity index (χ0v) is 16.2. The average Bonchev–Trinajstić information content (AvgIpc) is 3.30. The van der Waals surface area contributed by atoms with Crippen molar-refractivity contribution < 1.29 is 16.8 Å². The monoisotopic (exact) mass is 413 g/mol. The second-order valence-electron chi connectivity index (χ2n) is 5.15. The Morgan fingerprint density at radius 2 is 1.52 bits per heavy atom. The summed E-state index contributed by atoms with van der Waals surface area (Å²) in [6.07, 6.45) is 0. The van der Waals surface area contributed by atoms with Gasteiger partial charge in [0.2, 0.25) is 10.0 Å². The maximum atomic E-state index is 12.9. The molecular weight excluding hydrogens is 398 g/mol. The largest absolute Gasteiger partial charge is 0.240 e. The van der Waals surface area contributed by atoms with E-state index in [1.54, 1.807) is 47.2 Å². The van der Waals surface area contributed by atoms with Crippen LogP contribution in [0, 0.1) is 0 Å². The van der Waals surface area contributed by atoms with Crippen LogP contribution in [0.2, 0.25) is 0 Å². The van der Waals surface area contributed by atoms with Crippen LogP contribution < -0.4 is 4.72 Å². The number of rotatable bonds is 7. The molecule has 0 amide bonds. The van der Waals surface area contributed by atoms with Gasteiger partial charge in [0.05, 0.1) is 4.90 Å². The predicted molar refractivity (Wildman–Crippen MR) is 100 cm³/mol. The summed E-state index contributed by atoms with van der Waals surface area (Å²) < 4.78 is 53.4. The second-order valence-corrected chi connectivity index (χ2v) is 11.2. The van der Waals surface area contributed by atoms with Gasteiger partial charge < -0.3 is 0 Å². The van der Waals surface area contributed by atoms with Crippen LogP contribution in [0.25, 0.3) is 0 Å². The molecule has 3 rings (SSSR count). The number of benzene rings is 1. The Bertz CT molecular complexity index is 1010. The van der Waals surface area contributed by atoms with Crippen LogP contribution in [-0.4, -0.2) is 23.4 Å². The summed E-state index contributed by atoms with van der Waals surface area (Å²) in [5.74, 6) is 0. The molecule has 0 aliphatic rings. The summed E-state index contributed by atoms with van der Waals surface area (Å²) in [5, 5.41) is 2.49. The molecule has 9 heteroatoms. The SMILES string of the molecule is O=S(=O)(NC[C@H](c1cccs1)S(=O)(=O)c1cccs1)c1ccccc1. The first-order chi connectivity index (χ1) is 11.9. The molecule has 5 nitrogen and oxygen atoms in total. The number of sulfonamides is 1. The van der Waals surface area contributed by atoms with Crippen molar-refractivity contribution in [3.8, 4) is 0 Å². The van der Waals surface area contributed by atoms with E-state index in [0.29, 0.717) is 4.88 Å². The highest BCUT2D eigenvalue weighted by molar-refractivity contribution is 7.94. The van der Waals surface area contributed by atoms with E-state index >= 15 is 0 Å². The zero-order chi connectivity index (χ0) is 17.9. The summed E-state index contributed by atoms with van der Waals surface area (Å²) in [4.78, 5) is 0.706. The van der Waals surface area contributed by atoms with Crippen LogP contribution >= 0.6 is 22.7 Å². The zero-order valence-electron chi connectivity index (χ0n) is 12.9. The molecule has 0 saturated carbocycles. The smallest absolute Gasteiger partial charge is 0.222 e. The van der Waals surface area contributed by atoms with Gasteiger partial charge in [-0.05, 0) is 35.0 Å². The summed E-state index contributed by atoms with van der Waals surface area (Å²) in [7, 11) is -7.47. The summed E-state index contributed by atoms with van der Waals surface area (Å²) in [6.45, 7) is -0.224. The Hall–Kier alpha value is -1.52.